The van der Waals surface area contributed by atoms with Gasteiger partial charge in [0.15, 0.2) is 0 Å². The van der Waals surface area contributed by atoms with Gasteiger partial charge in [0.05, 0.1) is 5.41 Å². The second kappa shape index (κ2) is 8.74. The average molecular weight is 380 g/mol. The first-order valence-corrected chi connectivity index (χ1v) is 10.3. The molecule has 28 heavy (non-hydrogen) atoms. The van der Waals surface area contributed by atoms with Gasteiger partial charge in [0.1, 0.15) is 6.10 Å². The quantitative estimate of drug-likeness (QED) is 0.860. The van der Waals surface area contributed by atoms with Gasteiger partial charge in [-0.15, -0.1) is 0 Å². The molecule has 0 spiro atoms. The van der Waals surface area contributed by atoms with E-state index < -0.39 is 5.41 Å². The van der Waals surface area contributed by atoms with Gasteiger partial charge in [0.25, 0.3) is 0 Å². The molecule has 1 aromatic heterocycles. The number of hydrogen-bond acceptors (Lipinski definition) is 4. The highest BCUT2D eigenvalue weighted by Gasteiger charge is 2.42. The summed E-state index contributed by atoms with van der Waals surface area (Å²) in [6.07, 6.45) is 7.13. The van der Waals surface area contributed by atoms with Crippen LogP contribution in [-0.2, 0) is 14.9 Å². The van der Waals surface area contributed by atoms with Crippen LogP contribution in [0.25, 0.3) is 0 Å². The Kier molecular flexibility index (Phi) is 5.91. The Bertz CT molecular complexity index is 752. The molecule has 4 rings (SSSR count). The maximum Gasteiger partial charge on any atom is 0.231 e. The zero-order valence-corrected chi connectivity index (χ0v) is 16.2. The molecule has 0 bridgehead atoms. The fourth-order valence-electron chi connectivity index (χ4n) is 4.36. The average Bonchev–Trinajstić information content (AvgIpc) is 2.77. The van der Waals surface area contributed by atoms with E-state index in [9.17, 15) is 4.79 Å². The van der Waals surface area contributed by atoms with Crippen LogP contribution in [0.3, 0.4) is 0 Å². The molecule has 2 aliphatic rings. The topological polar surface area (TPSA) is 60.5 Å². The number of benzene rings is 1. The van der Waals surface area contributed by atoms with Crippen LogP contribution >= 0.6 is 0 Å². The highest BCUT2D eigenvalue weighted by atomic mass is 16.5. The Morgan fingerprint density at radius 3 is 2.39 bits per heavy atom. The number of pyridine rings is 1. The monoisotopic (exact) mass is 380 g/mol. The lowest BCUT2D eigenvalue weighted by Crippen LogP contribution is -2.52. The van der Waals surface area contributed by atoms with Crippen LogP contribution in [0.1, 0.15) is 44.1 Å². The van der Waals surface area contributed by atoms with Gasteiger partial charge in [-0.3, -0.25) is 4.79 Å². The van der Waals surface area contributed by atoms with Gasteiger partial charge in [-0.2, -0.15) is 0 Å². The van der Waals surface area contributed by atoms with E-state index in [4.69, 9.17) is 9.47 Å². The molecule has 1 saturated heterocycles. The fraction of sp³-hybridized carbons (Fsp3) is 0.478. The Hall–Kier alpha value is -2.40. The number of nitrogens with one attached hydrogen (secondary N) is 1. The third-order valence-electron chi connectivity index (χ3n) is 6.04. The SMILES string of the molecule is O=C(NC1CCC(Oc2ccccn2)CC1)C1(c2ccccc2)CCOCC1. The number of aromatic nitrogens is 1. The number of nitrogens with zero attached hydrogens (tertiary/aromatic N) is 1. The van der Waals surface area contributed by atoms with Crippen molar-refractivity contribution < 1.29 is 14.3 Å². The van der Waals surface area contributed by atoms with E-state index in [1.54, 1.807) is 6.20 Å². The zero-order valence-electron chi connectivity index (χ0n) is 16.2. The van der Waals surface area contributed by atoms with Crippen molar-refractivity contribution in [2.45, 2.75) is 56.1 Å². The number of carbonyl (C=O) groups is 1. The lowest BCUT2D eigenvalue weighted by atomic mass is 9.73. The first kappa shape index (κ1) is 18.9. The van der Waals surface area contributed by atoms with Gasteiger partial charge in [0.2, 0.25) is 11.8 Å². The molecule has 2 aromatic rings. The van der Waals surface area contributed by atoms with Crippen molar-refractivity contribution in [1.29, 1.82) is 0 Å². The molecule has 0 radical (unpaired) electrons. The molecule has 1 saturated carbocycles. The summed E-state index contributed by atoms with van der Waals surface area (Å²) < 4.78 is 11.5. The van der Waals surface area contributed by atoms with Crippen molar-refractivity contribution in [2.75, 3.05) is 13.2 Å². The normalized spacial score (nSPS) is 24.3. The van der Waals surface area contributed by atoms with E-state index in [0.717, 1.165) is 44.1 Å². The van der Waals surface area contributed by atoms with Gasteiger partial charge < -0.3 is 14.8 Å². The van der Waals surface area contributed by atoms with Gasteiger partial charge in [-0.05, 0) is 50.2 Å². The first-order chi connectivity index (χ1) is 13.8. The Balaban J connectivity index is 1.36. The summed E-state index contributed by atoms with van der Waals surface area (Å²) in [7, 11) is 0. The van der Waals surface area contributed by atoms with Crippen LogP contribution in [0.4, 0.5) is 0 Å². The highest BCUT2D eigenvalue weighted by molar-refractivity contribution is 5.88. The minimum absolute atomic E-state index is 0.149. The number of amides is 1. The summed E-state index contributed by atoms with van der Waals surface area (Å²) in [6, 6.07) is 16.1. The van der Waals surface area contributed by atoms with Gasteiger partial charge in [-0.1, -0.05) is 36.4 Å². The highest BCUT2D eigenvalue weighted by Crippen LogP contribution is 2.36. The fourth-order valence-corrected chi connectivity index (χ4v) is 4.36. The molecule has 2 fully saturated rings. The maximum atomic E-state index is 13.4. The van der Waals surface area contributed by atoms with E-state index >= 15 is 0 Å². The van der Waals surface area contributed by atoms with Crippen LogP contribution in [-0.4, -0.2) is 36.3 Å². The van der Waals surface area contributed by atoms with Crippen LogP contribution in [0, 0.1) is 0 Å². The number of rotatable bonds is 5. The van der Waals surface area contributed by atoms with Crippen LogP contribution in [0.15, 0.2) is 54.7 Å². The number of carbonyl (C=O) groups excluding carboxylic acids is 1. The molecule has 1 aliphatic heterocycles. The summed E-state index contributed by atoms with van der Waals surface area (Å²) in [6.45, 7) is 1.26. The molecule has 148 valence electrons. The van der Waals surface area contributed by atoms with Crippen LogP contribution < -0.4 is 10.1 Å². The van der Waals surface area contributed by atoms with Crippen molar-refractivity contribution in [3.63, 3.8) is 0 Å². The molecule has 1 aliphatic carbocycles. The molecule has 1 aromatic carbocycles. The van der Waals surface area contributed by atoms with Crippen LogP contribution in [0.2, 0.25) is 0 Å². The van der Waals surface area contributed by atoms with Crippen molar-refractivity contribution >= 4 is 5.91 Å². The van der Waals surface area contributed by atoms with Crippen molar-refractivity contribution in [3.8, 4) is 5.88 Å². The summed E-state index contributed by atoms with van der Waals surface area (Å²) in [5, 5.41) is 3.35. The second-order valence-corrected chi connectivity index (χ2v) is 7.79. The summed E-state index contributed by atoms with van der Waals surface area (Å²) in [4.78, 5) is 17.6. The van der Waals surface area contributed by atoms with Crippen molar-refractivity contribution in [2.24, 2.45) is 0 Å². The van der Waals surface area contributed by atoms with E-state index in [-0.39, 0.29) is 18.1 Å². The molecule has 0 unspecified atom stereocenters. The largest absolute Gasteiger partial charge is 0.474 e. The Labute approximate surface area is 166 Å². The molecule has 2 heterocycles. The lowest BCUT2D eigenvalue weighted by molar-refractivity contribution is -0.131. The van der Waals surface area contributed by atoms with E-state index in [1.165, 1.54) is 0 Å². The van der Waals surface area contributed by atoms with Crippen LogP contribution in [0.5, 0.6) is 5.88 Å². The summed E-state index contributed by atoms with van der Waals surface area (Å²) >= 11 is 0. The molecule has 0 atom stereocenters. The Morgan fingerprint density at radius 2 is 1.71 bits per heavy atom. The zero-order chi connectivity index (χ0) is 19.2. The number of ether oxygens (including phenoxy) is 2. The third-order valence-corrected chi connectivity index (χ3v) is 6.04. The standard InChI is InChI=1S/C23H28N2O3/c26-22(23(13-16-27-17-14-23)18-6-2-1-3-7-18)25-19-9-11-20(12-10-19)28-21-8-4-5-15-24-21/h1-8,15,19-20H,9-14,16-17H2,(H,25,26). The van der Waals surface area contributed by atoms with Gasteiger partial charge >= 0.3 is 0 Å². The summed E-state index contributed by atoms with van der Waals surface area (Å²) in [5.74, 6) is 0.830. The van der Waals surface area contributed by atoms with Gasteiger partial charge in [0, 0.05) is 31.5 Å². The van der Waals surface area contributed by atoms with E-state index in [1.807, 2.05) is 36.4 Å². The van der Waals surface area contributed by atoms with E-state index in [0.29, 0.717) is 19.1 Å². The van der Waals surface area contributed by atoms with E-state index in [2.05, 4.69) is 22.4 Å². The first-order valence-electron chi connectivity index (χ1n) is 10.3. The molecular weight excluding hydrogens is 352 g/mol. The molecule has 5 heteroatoms. The van der Waals surface area contributed by atoms with Crippen molar-refractivity contribution in [3.05, 3.63) is 60.3 Å². The molecule has 1 amide bonds. The Morgan fingerprint density at radius 1 is 1.00 bits per heavy atom. The maximum absolute atomic E-state index is 13.4. The number of hydrogen-bond donors (Lipinski definition) is 1. The summed E-state index contributed by atoms with van der Waals surface area (Å²) in [5.41, 5.74) is 0.629. The predicted molar refractivity (Wildman–Crippen MR) is 107 cm³/mol. The third kappa shape index (κ3) is 4.20. The molecule has 5 nitrogen and oxygen atoms in total. The minimum atomic E-state index is -0.471. The minimum Gasteiger partial charge on any atom is -0.474 e. The smallest absolute Gasteiger partial charge is 0.231 e. The second-order valence-electron chi connectivity index (χ2n) is 7.79. The molecule has 1 N–H and O–H groups in total. The lowest BCUT2D eigenvalue weighted by Gasteiger charge is -2.38. The van der Waals surface area contributed by atoms with Gasteiger partial charge in [-0.25, -0.2) is 4.98 Å². The predicted octanol–water partition coefficient (Wildman–Crippen LogP) is 3.64. The van der Waals surface area contributed by atoms with Crippen molar-refractivity contribution in [1.82, 2.24) is 10.3 Å². The molecular formula is C23H28N2O3.